The second kappa shape index (κ2) is 7.49. The van der Waals surface area contributed by atoms with Crippen LogP contribution < -0.4 is 0 Å². The first kappa shape index (κ1) is 17.8. The molecule has 1 saturated heterocycles. The van der Waals surface area contributed by atoms with Gasteiger partial charge in [0, 0.05) is 44.8 Å². The highest BCUT2D eigenvalue weighted by atomic mass is 32.2. The third kappa shape index (κ3) is 4.15. The number of morpholine rings is 1. The highest BCUT2D eigenvalue weighted by molar-refractivity contribution is 7.88. The van der Waals surface area contributed by atoms with Crippen LogP contribution in [0.15, 0.2) is 6.33 Å². The monoisotopic (exact) mass is 358 g/mol. The van der Waals surface area contributed by atoms with Gasteiger partial charge in [-0.15, -0.1) is 0 Å². The Morgan fingerprint density at radius 3 is 2.83 bits per heavy atom. The minimum atomic E-state index is -3.23. The molecule has 0 unspecified atom stereocenters. The van der Waals surface area contributed by atoms with Crippen molar-refractivity contribution in [1.82, 2.24) is 18.8 Å². The van der Waals surface area contributed by atoms with Gasteiger partial charge >= 0.3 is 0 Å². The van der Waals surface area contributed by atoms with Crippen LogP contribution in [-0.4, -0.2) is 86.0 Å². The topological polar surface area (TPSA) is 76.9 Å². The van der Waals surface area contributed by atoms with Gasteiger partial charge in [0.1, 0.15) is 0 Å². The molecule has 0 aromatic carbocycles. The van der Waals surface area contributed by atoms with E-state index in [1.165, 1.54) is 10.6 Å². The summed E-state index contributed by atoms with van der Waals surface area (Å²) in [5.41, 5.74) is 1.91. The van der Waals surface area contributed by atoms with Crippen molar-refractivity contribution < 1.29 is 17.9 Å². The predicted octanol–water partition coefficient (Wildman–Crippen LogP) is -0.372. The van der Waals surface area contributed by atoms with Gasteiger partial charge in [0.15, 0.2) is 0 Å². The standard InChI is InChI=1S/C15H26N4O4S/c1-17-12-16-14-10-19(24(2,20)21)9-13(15(14)17)11-23-8-5-18-3-6-22-7-4-18/h12-13H,3-11H2,1-2H3/t13-/m1/s1. The first-order chi connectivity index (χ1) is 11.4. The van der Waals surface area contributed by atoms with Gasteiger partial charge < -0.3 is 14.0 Å². The van der Waals surface area contributed by atoms with Crippen molar-refractivity contribution in [3.05, 3.63) is 17.7 Å². The summed E-state index contributed by atoms with van der Waals surface area (Å²) in [7, 11) is -1.29. The van der Waals surface area contributed by atoms with E-state index in [1.54, 1.807) is 6.33 Å². The number of aryl methyl sites for hydroxylation is 1. The average molecular weight is 358 g/mol. The van der Waals surface area contributed by atoms with E-state index in [0.29, 0.717) is 26.3 Å². The lowest BCUT2D eigenvalue weighted by atomic mass is 10.0. The fraction of sp³-hybridized carbons (Fsp3) is 0.800. The first-order valence-electron chi connectivity index (χ1n) is 8.28. The Morgan fingerprint density at radius 1 is 1.38 bits per heavy atom. The molecular weight excluding hydrogens is 332 g/mol. The second-order valence-electron chi connectivity index (χ2n) is 6.47. The quantitative estimate of drug-likeness (QED) is 0.646. The van der Waals surface area contributed by atoms with Gasteiger partial charge in [0.2, 0.25) is 10.0 Å². The summed E-state index contributed by atoms with van der Waals surface area (Å²) in [6, 6.07) is 0. The van der Waals surface area contributed by atoms with Crippen molar-refractivity contribution >= 4 is 10.0 Å². The van der Waals surface area contributed by atoms with Crippen LogP contribution in [0.4, 0.5) is 0 Å². The second-order valence-corrected chi connectivity index (χ2v) is 8.45. The van der Waals surface area contributed by atoms with Crippen molar-refractivity contribution in [2.75, 3.05) is 58.9 Å². The molecule has 3 rings (SSSR count). The summed E-state index contributed by atoms with van der Waals surface area (Å²) in [5.74, 6) is 0.0145. The molecule has 0 aliphatic carbocycles. The lowest BCUT2D eigenvalue weighted by Crippen LogP contribution is -2.40. The zero-order valence-electron chi connectivity index (χ0n) is 14.3. The van der Waals surface area contributed by atoms with E-state index in [0.717, 1.165) is 44.2 Å². The van der Waals surface area contributed by atoms with E-state index >= 15 is 0 Å². The number of hydrogen-bond acceptors (Lipinski definition) is 6. The molecule has 136 valence electrons. The molecule has 9 heteroatoms. The molecular formula is C15H26N4O4S. The van der Waals surface area contributed by atoms with Gasteiger partial charge in [-0.2, -0.15) is 4.31 Å². The van der Waals surface area contributed by atoms with Crippen molar-refractivity contribution in [2.24, 2.45) is 7.05 Å². The molecule has 0 radical (unpaired) electrons. The molecule has 1 aromatic heterocycles. The van der Waals surface area contributed by atoms with E-state index in [2.05, 4.69) is 9.88 Å². The number of sulfonamides is 1. The SMILES string of the molecule is Cn1cnc2c1[C@@H](COCCN1CCOCC1)CN(S(C)(=O)=O)C2. The van der Waals surface area contributed by atoms with Crippen LogP contribution in [0.25, 0.3) is 0 Å². The zero-order chi connectivity index (χ0) is 17.2. The Morgan fingerprint density at radius 2 is 2.12 bits per heavy atom. The number of fused-ring (bicyclic) bond motifs is 1. The maximum absolute atomic E-state index is 11.9. The molecule has 1 atom stereocenters. The third-order valence-electron chi connectivity index (χ3n) is 4.64. The summed E-state index contributed by atoms with van der Waals surface area (Å²) < 4.78 is 38.5. The van der Waals surface area contributed by atoms with Crippen LogP contribution in [0, 0.1) is 0 Å². The number of nitrogens with zero attached hydrogens (tertiary/aromatic N) is 4. The normalized spacial score (nSPS) is 23.3. The average Bonchev–Trinajstić information content (AvgIpc) is 2.93. The van der Waals surface area contributed by atoms with Gasteiger partial charge in [0.25, 0.3) is 0 Å². The summed E-state index contributed by atoms with van der Waals surface area (Å²) in [6.45, 7) is 6.27. The van der Waals surface area contributed by atoms with E-state index in [-0.39, 0.29) is 5.92 Å². The molecule has 0 N–H and O–H groups in total. The fourth-order valence-corrected chi connectivity index (χ4v) is 4.13. The Labute approximate surface area is 143 Å². The Hall–Kier alpha value is -1.00. The van der Waals surface area contributed by atoms with Crippen LogP contribution in [-0.2, 0) is 33.1 Å². The Bertz CT molecular complexity index is 654. The molecule has 1 fully saturated rings. The predicted molar refractivity (Wildman–Crippen MR) is 89.3 cm³/mol. The van der Waals surface area contributed by atoms with Crippen molar-refractivity contribution in [3.63, 3.8) is 0 Å². The number of ether oxygens (including phenoxy) is 2. The minimum absolute atomic E-state index is 0.0145. The number of imidazole rings is 1. The number of rotatable bonds is 6. The molecule has 0 saturated carbocycles. The molecule has 2 aliphatic rings. The summed E-state index contributed by atoms with van der Waals surface area (Å²) in [4.78, 5) is 6.67. The van der Waals surface area contributed by atoms with Gasteiger partial charge in [-0.1, -0.05) is 0 Å². The Kier molecular flexibility index (Phi) is 5.56. The summed E-state index contributed by atoms with van der Waals surface area (Å²) in [6.07, 6.45) is 2.99. The van der Waals surface area contributed by atoms with Crippen LogP contribution >= 0.6 is 0 Å². The van der Waals surface area contributed by atoms with Gasteiger partial charge in [-0.3, -0.25) is 4.90 Å². The molecule has 24 heavy (non-hydrogen) atoms. The van der Waals surface area contributed by atoms with Crippen molar-refractivity contribution in [2.45, 2.75) is 12.5 Å². The van der Waals surface area contributed by atoms with Crippen LogP contribution in [0.2, 0.25) is 0 Å². The molecule has 8 nitrogen and oxygen atoms in total. The number of hydrogen-bond donors (Lipinski definition) is 0. The van der Waals surface area contributed by atoms with Gasteiger partial charge in [-0.25, -0.2) is 13.4 Å². The summed E-state index contributed by atoms with van der Waals surface area (Å²) >= 11 is 0. The Balaban J connectivity index is 1.58. The molecule has 0 spiro atoms. The molecule has 0 bridgehead atoms. The molecule has 3 heterocycles. The van der Waals surface area contributed by atoms with Crippen molar-refractivity contribution in [1.29, 1.82) is 0 Å². The van der Waals surface area contributed by atoms with Gasteiger partial charge in [-0.05, 0) is 0 Å². The van der Waals surface area contributed by atoms with Crippen LogP contribution in [0.5, 0.6) is 0 Å². The molecule has 2 aliphatic heterocycles. The summed E-state index contributed by atoms with van der Waals surface area (Å²) in [5, 5.41) is 0. The fourth-order valence-electron chi connectivity index (χ4n) is 3.33. The smallest absolute Gasteiger partial charge is 0.211 e. The van der Waals surface area contributed by atoms with Gasteiger partial charge in [0.05, 0.1) is 51.2 Å². The van der Waals surface area contributed by atoms with E-state index in [4.69, 9.17) is 9.47 Å². The van der Waals surface area contributed by atoms with Crippen LogP contribution in [0.1, 0.15) is 17.3 Å². The minimum Gasteiger partial charge on any atom is -0.379 e. The largest absolute Gasteiger partial charge is 0.379 e. The lowest BCUT2D eigenvalue weighted by molar-refractivity contribution is 0.0176. The third-order valence-corrected chi connectivity index (χ3v) is 5.86. The van der Waals surface area contributed by atoms with Crippen molar-refractivity contribution in [3.8, 4) is 0 Å². The first-order valence-corrected chi connectivity index (χ1v) is 10.1. The lowest BCUT2D eigenvalue weighted by Gasteiger charge is -2.31. The van der Waals surface area contributed by atoms with Crippen LogP contribution in [0.3, 0.4) is 0 Å². The number of aromatic nitrogens is 2. The molecule has 1 aromatic rings. The van der Waals surface area contributed by atoms with E-state index in [9.17, 15) is 8.42 Å². The van der Waals surface area contributed by atoms with E-state index < -0.39 is 10.0 Å². The molecule has 0 amide bonds. The zero-order valence-corrected chi connectivity index (χ0v) is 15.2. The van der Waals surface area contributed by atoms with E-state index in [1.807, 2.05) is 11.6 Å². The maximum Gasteiger partial charge on any atom is 0.211 e. The highest BCUT2D eigenvalue weighted by Gasteiger charge is 2.33. The maximum atomic E-state index is 11.9. The highest BCUT2D eigenvalue weighted by Crippen LogP contribution is 2.28.